The third kappa shape index (κ3) is 3.49. The predicted octanol–water partition coefficient (Wildman–Crippen LogP) is 3.16. The zero-order valence-corrected chi connectivity index (χ0v) is 8.59. The molecule has 0 saturated carbocycles. The van der Waals surface area contributed by atoms with Gasteiger partial charge in [-0.05, 0) is 30.7 Å². The number of anilines is 1. The summed E-state index contributed by atoms with van der Waals surface area (Å²) in [6, 6.07) is 9.67. The number of nitriles is 1. The minimum absolute atomic E-state index is 0.712. The molecule has 1 aromatic carbocycles. The van der Waals surface area contributed by atoms with Crippen LogP contribution >= 0.6 is 0 Å². The average molecular weight is 188 g/mol. The van der Waals surface area contributed by atoms with Crippen LogP contribution in [0.4, 0.5) is 5.69 Å². The normalized spacial score (nSPS) is 9.43. The number of unbranched alkanes of at least 4 members (excludes halogenated alkanes) is 2. The van der Waals surface area contributed by atoms with Gasteiger partial charge in [0.2, 0.25) is 0 Å². The maximum atomic E-state index is 8.60. The SMILES string of the molecule is CCCCCNc1ccc(C#N)cc1. The van der Waals surface area contributed by atoms with E-state index in [1.54, 1.807) is 0 Å². The van der Waals surface area contributed by atoms with Crippen LogP contribution in [0.2, 0.25) is 0 Å². The van der Waals surface area contributed by atoms with E-state index in [1.807, 2.05) is 24.3 Å². The number of nitrogens with zero attached hydrogens (tertiary/aromatic N) is 1. The van der Waals surface area contributed by atoms with Gasteiger partial charge in [0, 0.05) is 12.2 Å². The van der Waals surface area contributed by atoms with E-state index >= 15 is 0 Å². The van der Waals surface area contributed by atoms with Crippen LogP contribution < -0.4 is 5.32 Å². The Morgan fingerprint density at radius 1 is 1.21 bits per heavy atom. The second-order valence-corrected chi connectivity index (χ2v) is 3.32. The van der Waals surface area contributed by atoms with Crippen molar-refractivity contribution in [1.82, 2.24) is 0 Å². The molecule has 0 amide bonds. The smallest absolute Gasteiger partial charge is 0.0991 e. The van der Waals surface area contributed by atoms with Gasteiger partial charge < -0.3 is 5.32 Å². The number of hydrogen-bond acceptors (Lipinski definition) is 2. The summed E-state index contributed by atoms with van der Waals surface area (Å²) in [6.45, 7) is 3.21. The summed E-state index contributed by atoms with van der Waals surface area (Å²) in [5.74, 6) is 0. The van der Waals surface area contributed by atoms with Gasteiger partial charge in [0.15, 0.2) is 0 Å². The first-order chi connectivity index (χ1) is 6.86. The molecule has 2 nitrogen and oxygen atoms in total. The van der Waals surface area contributed by atoms with Gasteiger partial charge in [0.1, 0.15) is 0 Å². The van der Waals surface area contributed by atoms with Crippen LogP contribution in [0.15, 0.2) is 24.3 Å². The molecule has 0 saturated heterocycles. The van der Waals surface area contributed by atoms with E-state index in [-0.39, 0.29) is 0 Å². The highest BCUT2D eigenvalue weighted by molar-refractivity contribution is 5.46. The Morgan fingerprint density at radius 2 is 1.93 bits per heavy atom. The molecule has 74 valence electrons. The van der Waals surface area contributed by atoms with Crippen LogP contribution in [0.1, 0.15) is 31.7 Å². The number of rotatable bonds is 5. The van der Waals surface area contributed by atoms with Crippen LogP contribution in [0.3, 0.4) is 0 Å². The highest BCUT2D eigenvalue weighted by Gasteiger charge is 1.92. The van der Waals surface area contributed by atoms with Crippen LogP contribution in [0.5, 0.6) is 0 Å². The van der Waals surface area contributed by atoms with Crippen molar-refractivity contribution in [2.24, 2.45) is 0 Å². The largest absolute Gasteiger partial charge is 0.385 e. The van der Waals surface area contributed by atoms with Gasteiger partial charge in [0.05, 0.1) is 11.6 Å². The summed E-state index contributed by atoms with van der Waals surface area (Å²) in [4.78, 5) is 0. The molecule has 0 aliphatic heterocycles. The summed E-state index contributed by atoms with van der Waals surface area (Å²) < 4.78 is 0. The molecule has 0 spiro atoms. The van der Waals surface area contributed by atoms with E-state index in [0.29, 0.717) is 5.56 Å². The topological polar surface area (TPSA) is 35.8 Å². The second kappa shape index (κ2) is 6.04. The molecular weight excluding hydrogens is 172 g/mol. The first-order valence-corrected chi connectivity index (χ1v) is 5.11. The first kappa shape index (κ1) is 10.6. The summed E-state index contributed by atoms with van der Waals surface area (Å²) in [5, 5.41) is 11.9. The molecule has 0 heterocycles. The maximum Gasteiger partial charge on any atom is 0.0991 e. The molecule has 0 fully saturated rings. The fraction of sp³-hybridized carbons (Fsp3) is 0.417. The van der Waals surface area contributed by atoms with Crippen molar-refractivity contribution in [3.05, 3.63) is 29.8 Å². The van der Waals surface area contributed by atoms with Crippen LogP contribution in [0, 0.1) is 11.3 Å². The van der Waals surface area contributed by atoms with Gasteiger partial charge in [0.25, 0.3) is 0 Å². The molecule has 1 aromatic rings. The third-order valence-corrected chi connectivity index (χ3v) is 2.12. The van der Waals surface area contributed by atoms with Crippen molar-refractivity contribution >= 4 is 5.69 Å². The standard InChI is InChI=1S/C12H16N2/c1-2-3-4-9-14-12-7-5-11(10-13)6-8-12/h5-8,14H,2-4,9H2,1H3. The Balaban J connectivity index is 2.33. The zero-order valence-electron chi connectivity index (χ0n) is 8.59. The molecule has 14 heavy (non-hydrogen) atoms. The van der Waals surface area contributed by atoms with Gasteiger partial charge in [-0.15, -0.1) is 0 Å². The molecule has 0 aliphatic carbocycles. The van der Waals surface area contributed by atoms with Crippen molar-refractivity contribution < 1.29 is 0 Å². The quantitative estimate of drug-likeness (QED) is 0.720. The van der Waals surface area contributed by atoms with Crippen molar-refractivity contribution in [2.45, 2.75) is 26.2 Å². The Labute approximate surface area is 85.6 Å². The fourth-order valence-corrected chi connectivity index (χ4v) is 1.27. The van der Waals surface area contributed by atoms with Gasteiger partial charge in [-0.25, -0.2) is 0 Å². The summed E-state index contributed by atoms with van der Waals surface area (Å²) in [6.07, 6.45) is 3.72. The molecule has 0 aliphatic rings. The van der Waals surface area contributed by atoms with Crippen molar-refractivity contribution in [3.63, 3.8) is 0 Å². The van der Waals surface area contributed by atoms with Crippen molar-refractivity contribution in [3.8, 4) is 6.07 Å². The minimum atomic E-state index is 0.712. The molecule has 1 rings (SSSR count). The Morgan fingerprint density at radius 3 is 2.50 bits per heavy atom. The van der Waals surface area contributed by atoms with E-state index in [1.165, 1.54) is 19.3 Å². The van der Waals surface area contributed by atoms with Gasteiger partial charge >= 0.3 is 0 Å². The van der Waals surface area contributed by atoms with Crippen LogP contribution in [0.25, 0.3) is 0 Å². The van der Waals surface area contributed by atoms with Crippen molar-refractivity contribution in [1.29, 1.82) is 5.26 Å². The zero-order chi connectivity index (χ0) is 10.2. The lowest BCUT2D eigenvalue weighted by Crippen LogP contribution is -2.00. The highest BCUT2D eigenvalue weighted by atomic mass is 14.9. The lowest BCUT2D eigenvalue weighted by Gasteiger charge is -2.04. The molecule has 2 heteroatoms. The van der Waals surface area contributed by atoms with E-state index in [0.717, 1.165) is 12.2 Å². The van der Waals surface area contributed by atoms with Crippen LogP contribution in [-0.4, -0.2) is 6.54 Å². The molecule has 0 bridgehead atoms. The van der Waals surface area contributed by atoms with Crippen LogP contribution in [-0.2, 0) is 0 Å². The molecule has 1 N–H and O–H groups in total. The van der Waals surface area contributed by atoms with Gasteiger partial charge in [-0.2, -0.15) is 5.26 Å². The second-order valence-electron chi connectivity index (χ2n) is 3.32. The summed E-state index contributed by atoms with van der Waals surface area (Å²) >= 11 is 0. The molecule has 0 unspecified atom stereocenters. The summed E-state index contributed by atoms with van der Waals surface area (Å²) in [5.41, 5.74) is 1.81. The predicted molar refractivity (Wildman–Crippen MR) is 59.2 cm³/mol. The third-order valence-electron chi connectivity index (χ3n) is 2.12. The fourth-order valence-electron chi connectivity index (χ4n) is 1.27. The lowest BCUT2D eigenvalue weighted by molar-refractivity contribution is 0.744. The molecule has 0 radical (unpaired) electrons. The Hall–Kier alpha value is -1.49. The number of nitrogens with one attached hydrogen (secondary N) is 1. The monoisotopic (exact) mass is 188 g/mol. The summed E-state index contributed by atoms with van der Waals surface area (Å²) in [7, 11) is 0. The molecular formula is C12H16N2. The van der Waals surface area contributed by atoms with E-state index in [2.05, 4.69) is 18.3 Å². The number of benzene rings is 1. The molecule has 0 aromatic heterocycles. The minimum Gasteiger partial charge on any atom is -0.385 e. The highest BCUT2D eigenvalue weighted by Crippen LogP contribution is 2.08. The Kier molecular flexibility index (Phi) is 4.57. The lowest BCUT2D eigenvalue weighted by atomic mass is 10.2. The Bertz CT molecular complexity index is 295. The maximum absolute atomic E-state index is 8.60. The van der Waals surface area contributed by atoms with E-state index in [4.69, 9.17) is 5.26 Å². The molecule has 0 atom stereocenters. The number of hydrogen-bond donors (Lipinski definition) is 1. The van der Waals surface area contributed by atoms with Gasteiger partial charge in [-0.1, -0.05) is 19.8 Å². The van der Waals surface area contributed by atoms with E-state index < -0.39 is 0 Å². The average Bonchev–Trinajstić information content (AvgIpc) is 2.25. The van der Waals surface area contributed by atoms with Crippen molar-refractivity contribution in [2.75, 3.05) is 11.9 Å². The van der Waals surface area contributed by atoms with Gasteiger partial charge in [-0.3, -0.25) is 0 Å². The first-order valence-electron chi connectivity index (χ1n) is 5.11. The van der Waals surface area contributed by atoms with E-state index in [9.17, 15) is 0 Å².